The number of fused-ring (bicyclic) bond motifs is 1. The molecular weight excluding hydrogens is 288 g/mol. The van der Waals surface area contributed by atoms with Gasteiger partial charge in [-0.1, -0.05) is 18.2 Å². The zero-order valence-electron chi connectivity index (χ0n) is 11.6. The monoisotopic (exact) mass is 304 g/mol. The molecule has 1 aliphatic heterocycles. The maximum Gasteiger partial charge on any atom is 0.233 e. The number of anilines is 1. The van der Waals surface area contributed by atoms with Crippen molar-refractivity contribution in [2.75, 3.05) is 11.9 Å². The largest absolute Gasteiger partial charge is 0.492 e. The van der Waals surface area contributed by atoms with Crippen molar-refractivity contribution >= 4 is 22.4 Å². The molecule has 6 heteroatoms. The van der Waals surface area contributed by atoms with Gasteiger partial charge in [-0.25, -0.2) is 4.98 Å². The number of hydrogen-bond acceptors (Lipinski definition) is 5. The zero-order valence-corrected chi connectivity index (χ0v) is 12.4. The van der Waals surface area contributed by atoms with Gasteiger partial charge in [0.1, 0.15) is 12.4 Å². The van der Waals surface area contributed by atoms with Crippen LogP contribution in [0.15, 0.2) is 29.6 Å². The number of aromatic nitrogens is 1. The van der Waals surface area contributed by atoms with E-state index in [1.54, 1.807) is 12.3 Å². The highest BCUT2D eigenvalue weighted by Crippen LogP contribution is 2.28. The molecule has 0 fully saturated rings. The zero-order chi connectivity index (χ0) is 14.8. The number of hydrogen-bond donors (Lipinski definition) is 2. The van der Waals surface area contributed by atoms with Gasteiger partial charge in [0.25, 0.3) is 0 Å². The van der Waals surface area contributed by atoms with E-state index in [4.69, 9.17) is 4.74 Å². The first-order valence-corrected chi connectivity index (χ1v) is 7.66. The highest BCUT2D eigenvalue weighted by atomic mass is 32.1. The summed E-state index contributed by atoms with van der Waals surface area (Å²) in [7, 11) is 0. The lowest BCUT2D eigenvalue weighted by molar-refractivity contribution is -0.121. The lowest BCUT2D eigenvalue weighted by Gasteiger charge is -2.24. The molecule has 1 aromatic heterocycles. The van der Waals surface area contributed by atoms with Gasteiger partial charge in [0.05, 0.1) is 17.7 Å². The number of ether oxygens (including phenoxy) is 1. The summed E-state index contributed by atoms with van der Waals surface area (Å²) in [5.74, 6) is 0.530. The van der Waals surface area contributed by atoms with E-state index >= 15 is 0 Å². The second-order valence-electron chi connectivity index (χ2n) is 5.06. The van der Waals surface area contributed by atoms with E-state index in [0.29, 0.717) is 23.9 Å². The summed E-state index contributed by atoms with van der Waals surface area (Å²) < 4.78 is 5.62. The summed E-state index contributed by atoms with van der Waals surface area (Å²) in [5.41, 5.74) is 1.62. The van der Waals surface area contributed by atoms with Crippen molar-refractivity contribution < 1.29 is 14.6 Å². The Kier molecular flexibility index (Phi) is 3.90. The number of aliphatic hydroxyl groups excluding tert-OH is 1. The summed E-state index contributed by atoms with van der Waals surface area (Å²) in [5, 5.41) is 14.5. The van der Waals surface area contributed by atoms with E-state index in [1.807, 2.05) is 24.3 Å². The van der Waals surface area contributed by atoms with E-state index in [2.05, 4.69) is 10.3 Å². The second-order valence-corrected chi connectivity index (χ2v) is 5.92. The minimum atomic E-state index is -0.628. The third-order valence-electron chi connectivity index (χ3n) is 3.43. The van der Waals surface area contributed by atoms with Crippen LogP contribution in [-0.4, -0.2) is 22.6 Å². The van der Waals surface area contributed by atoms with Crippen LogP contribution in [-0.2, 0) is 11.2 Å². The summed E-state index contributed by atoms with van der Waals surface area (Å²) in [6, 6.07) is 7.76. The third kappa shape index (κ3) is 3.06. The molecule has 2 heterocycles. The van der Waals surface area contributed by atoms with Gasteiger partial charge in [-0.3, -0.25) is 4.79 Å². The Morgan fingerprint density at radius 1 is 1.52 bits per heavy atom. The number of amides is 1. The molecule has 2 aromatic rings. The first-order valence-electron chi connectivity index (χ1n) is 6.78. The standard InChI is InChI=1S/C15H16N2O3S/c1-9(18)12-8-21-15(16-12)17-14(19)11-6-10-4-2-3-5-13(10)20-7-11/h2-5,8-9,11,18H,6-7H2,1H3,(H,16,17,19). The fraction of sp³-hybridized carbons (Fsp3) is 0.333. The Morgan fingerprint density at radius 3 is 3.10 bits per heavy atom. The van der Waals surface area contributed by atoms with Crippen LogP contribution in [0.4, 0.5) is 5.13 Å². The first-order chi connectivity index (χ1) is 10.1. The molecule has 0 saturated heterocycles. The summed E-state index contributed by atoms with van der Waals surface area (Å²) in [4.78, 5) is 16.5. The molecule has 2 unspecified atom stereocenters. The van der Waals surface area contributed by atoms with Crippen LogP contribution in [0.1, 0.15) is 24.3 Å². The van der Waals surface area contributed by atoms with Crippen LogP contribution < -0.4 is 10.1 Å². The maximum atomic E-state index is 12.3. The molecular formula is C15H16N2O3S. The molecule has 0 bridgehead atoms. The van der Waals surface area contributed by atoms with Gasteiger partial charge in [-0.15, -0.1) is 11.3 Å². The molecule has 0 aliphatic carbocycles. The molecule has 1 aliphatic rings. The average Bonchev–Trinajstić information content (AvgIpc) is 2.95. The molecule has 2 atom stereocenters. The van der Waals surface area contributed by atoms with Gasteiger partial charge in [0, 0.05) is 5.38 Å². The number of aliphatic hydroxyl groups is 1. The predicted molar refractivity (Wildman–Crippen MR) is 80.5 cm³/mol. The molecule has 1 aromatic carbocycles. The summed E-state index contributed by atoms with van der Waals surface area (Å²) in [6.07, 6.45) is 0.0354. The van der Waals surface area contributed by atoms with Gasteiger partial charge in [-0.2, -0.15) is 0 Å². The van der Waals surface area contributed by atoms with Crippen molar-refractivity contribution in [1.29, 1.82) is 0 Å². The molecule has 0 radical (unpaired) electrons. The van der Waals surface area contributed by atoms with Crippen molar-refractivity contribution in [3.63, 3.8) is 0 Å². The van der Waals surface area contributed by atoms with Crippen LogP contribution in [0.3, 0.4) is 0 Å². The van der Waals surface area contributed by atoms with Crippen LogP contribution in [0.25, 0.3) is 0 Å². The minimum absolute atomic E-state index is 0.101. The molecule has 0 spiro atoms. The molecule has 0 saturated carbocycles. The van der Waals surface area contributed by atoms with Crippen LogP contribution in [0.2, 0.25) is 0 Å². The molecule has 1 amide bonds. The Bertz CT molecular complexity index is 654. The third-order valence-corrected chi connectivity index (χ3v) is 4.21. The molecule has 5 nitrogen and oxygen atoms in total. The molecule has 110 valence electrons. The van der Waals surface area contributed by atoms with Gasteiger partial charge >= 0.3 is 0 Å². The Balaban J connectivity index is 1.66. The molecule has 21 heavy (non-hydrogen) atoms. The fourth-order valence-electron chi connectivity index (χ4n) is 2.24. The van der Waals surface area contributed by atoms with E-state index in [-0.39, 0.29) is 11.8 Å². The number of carbonyl (C=O) groups is 1. The predicted octanol–water partition coefficient (Wildman–Crippen LogP) is 2.39. The number of nitrogens with zero attached hydrogens (tertiary/aromatic N) is 1. The maximum absolute atomic E-state index is 12.3. The van der Waals surface area contributed by atoms with Crippen LogP contribution in [0, 0.1) is 5.92 Å². The molecule has 3 rings (SSSR count). The van der Waals surface area contributed by atoms with E-state index in [9.17, 15) is 9.90 Å². The fourth-order valence-corrected chi connectivity index (χ4v) is 3.04. The number of para-hydroxylation sites is 1. The quantitative estimate of drug-likeness (QED) is 0.913. The average molecular weight is 304 g/mol. The number of thiazole rings is 1. The first kappa shape index (κ1) is 14.0. The highest BCUT2D eigenvalue weighted by Gasteiger charge is 2.26. The van der Waals surface area contributed by atoms with E-state index in [0.717, 1.165) is 11.3 Å². The highest BCUT2D eigenvalue weighted by molar-refractivity contribution is 7.13. The Labute approximate surface area is 126 Å². The minimum Gasteiger partial charge on any atom is -0.492 e. The second kappa shape index (κ2) is 5.83. The van der Waals surface area contributed by atoms with Crippen molar-refractivity contribution in [2.45, 2.75) is 19.4 Å². The number of benzene rings is 1. The smallest absolute Gasteiger partial charge is 0.233 e. The Hall–Kier alpha value is -1.92. The van der Waals surface area contributed by atoms with Crippen LogP contribution in [0.5, 0.6) is 5.75 Å². The summed E-state index contributed by atoms with van der Waals surface area (Å²) >= 11 is 1.31. The van der Waals surface area contributed by atoms with Gasteiger partial charge in [0.15, 0.2) is 5.13 Å². The van der Waals surface area contributed by atoms with Crippen LogP contribution >= 0.6 is 11.3 Å². The Morgan fingerprint density at radius 2 is 2.33 bits per heavy atom. The normalized spacial score (nSPS) is 18.5. The van der Waals surface area contributed by atoms with E-state index < -0.39 is 6.10 Å². The number of carbonyl (C=O) groups excluding carboxylic acids is 1. The van der Waals surface area contributed by atoms with Crippen molar-refractivity contribution in [3.05, 3.63) is 40.9 Å². The van der Waals surface area contributed by atoms with Gasteiger partial charge in [0.2, 0.25) is 5.91 Å². The summed E-state index contributed by atoms with van der Waals surface area (Å²) in [6.45, 7) is 2.02. The lowest BCUT2D eigenvalue weighted by atomic mass is 9.96. The molecule has 2 N–H and O–H groups in total. The lowest BCUT2D eigenvalue weighted by Crippen LogP contribution is -2.32. The topological polar surface area (TPSA) is 71.5 Å². The van der Waals surface area contributed by atoms with Crippen molar-refractivity contribution in [1.82, 2.24) is 4.98 Å². The number of nitrogens with one attached hydrogen (secondary N) is 1. The van der Waals surface area contributed by atoms with Crippen molar-refractivity contribution in [2.24, 2.45) is 5.92 Å². The van der Waals surface area contributed by atoms with Crippen molar-refractivity contribution in [3.8, 4) is 5.75 Å². The van der Waals surface area contributed by atoms with Gasteiger partial charge < -0.3 is 15.2 Å². The SMILES string of the molecule is CC(O)c1csc(NC(=O)C2COc3ccccc3C2)n1. The van der Waals surface area contributed by atoms with E-state index in [1.165, 1.54) is 11.3 Å². The van der Waals surface area contributed by atoms with Gasteiger partial charge in [-0.05, 0) is 25.0 Å². The number of rotatable bonds is 3.